The van der Waals surface area contributed by atoms with Gasteiger partial charge < -0.3 is 10.2 Å². The van der Waals surface area contributed by atoms with E-state index in [1.165, 1.54) is 0 Å². The van der Waals surface area contributed by atoms with E-state index in [1.54, 1.807) is 0 Å². The van der Waals surface area contributed by atoms with Gasteiger partial charge in [0.05, 0.1) is 0 Å². The fourth-order valence-corrected chi connectivity index (χ4v) is 3.10. The van der Waals surface area contributed by atoms with Crippen molar-refractivity contribution < 1.29 is 9.59 Å². The smallest absolute Gasteiger partial charge is 0.248 e. The highest BCUT2D eigenvalue weighted by Crippen LogP contribution is 2.27. The molecule has 0 aromatic carbocycles. The number of carbonyl (C=O) groups excluding carboxylic acids is 2. The van der Waals surface area contributed by atoms with Gasteiger partial charge in [0.1, 0.15) is 11.6 Å². The number of nitrogens with zero attached hydrogens (tertiary/aromatic N) is 1. The fourth-order valence-electron chi connectivity index (χ4n) is 3.10. The third-order valence-electron chi connectivity index (χ3n) is 4.91. The summed E-state index contributed by atoms with van der Waals surface area (Å²) in [4.78, 5) is 27.1. The van der Waals surface area contributed by atoms with Crippen LogP contribution in [0.4, 0.5) is 0 Å². The maximum absolute atomic E-state index is 12.9. The molecule has 1 saturated heterocycles. The van der Waals surface area contributed by atoms with Crippen LogP contribution in [0.3, 0.4) is 0 Å². The molecule has 0 radical (unpaired) electrons. The highest BCUT2D eigenvalue weighted by atomic mass is 16.2. The lowest BCUT2D eigenvalue weighted by atomic mass is 9.86. The van der Waals surface area contributed by atoms with E-state index in [9.17, 15) is 9.59 Å². The van der Waals surface area contributed by atoms with Crippen LogP contribution < -0.4 is 5.32 Å². The lowest BCUT2D eigenvalue weighted by molar-refractivity contribution is -0.156. The zero-order chi connectivity index (χ0) is 15.3. The molecule has 1 aliphatic heterocycles. The van der Waals surface area contributed by atoms with Gasteiger partial charge >= 0.3 is 0 Å². The van der Waals surface area contributed by atoms with E-state index in [1.807, 2.05) is 25.7 Å². The van der Waals surface area contributed by atoms with Crippen LogP contribution in [0.2, 0.25) is 0 Å². The number of hydrogen-bond donors (Lipinski definition) is 1. The van der Waals surface area contributed by atoms with E-state index < -0.39 is 5.54 Å². The molecule has 0 aromatic rings. The second-order valence-corrected chi connectivity index (χ2v) is 5.84. The van der Waals surface area contributed by atoms with Crippen molar-refractivity contribution >= 4 is 11.8 Å². The number of carbonyl (C=O) groups is 2. The molecule has 0 aliphatic carbocycles. The van der Waals surface area contributed by atoms with Crippen LogP contribution >= 0.6 is 0 Å². The molecule has 1 rings (SSSR count). The zero-order valence-electron chi connectivity index (χ0n) is 13.7. The lowest BCUT2D eigenvalue weighted by Gasteiger charge is -2.46. The molecule has 4 nitrogen and oxygen atoms in total. The molecule has 1 aliphatic rings. The van der Waals surface area contributed by atoms with Crippen molar-refractivity contribution in [1.82, 2.24) is 10.2 Å². The van der Waals surface area contributed by atoms with Gasteiger partial charge in [-0.15, -0.1) is 0 Å². The Morgan fingerprint density at radius 1 is 1.10 bits per heavy atom. The minimum Gasteiger partial charge on any atom is -0.340 e. The standard InChI is InChI=1S/C16H30N2O2/c1-6-12(7-2)11-18-13(8-3)14(19)17-16(9-4,10-5)15(18)20/h12-13H,6-11H2,1-5H3,(H,17,19). The highest BCUT2D eigenvalue weighted by Gasteiger charge is 2.48. The van der Waals surface area contributed by atoms with Crippen LogP contribution in [0.25, 0.3) is 0 Å². The molecule has 20 heavy (non-hydrogen) atoms. The van der Waals surface area contributed by atoms with Gasteiger partial charge in [-0.1, -0.05) is 47.5 Å². The third-order valence-corrected chi connectivity index (χ3v) is 4.91. The third kappa shape index (κ3) is 2.99. The van der Waals surface area contributed by atoms with E-state index in [-0.39, 0.29) is 17.9 Å². The minimum atomic E-state index is -0.686. The Bertz CT molecular complexity index is 346. The van der Waals surface area contributed by atoms with E-state index in [2.05, 4.69) is 19.2 Å². The molecule has 0 spiro atoms. The summed E-state index contributed by atoms with van der Waals surface area (Å²) >= 11 is 0. The second kappa shape index (κ2) is 7.09. The average Bonchev–Trinajstić information content (AvgIpc) is 2.47. The van der Waals surface area contributed by atoms with Crippen LogP contribution in [0, 0.1) is 5.92 Å². The van der Waals surface area contributed by atoms with Crippen LogP contribution in [0.5, 0.6) is 0 Å². The van der Waals surface area contributed by atoms with Gasteiger partial charge in [0.2, 0.25) is 11.8 Å². The first kappa shape index (κ1) is 17.0. The second-order valence-electron chi connectivity index (χ2n) is 5.84. The van der Waals surface area contributed by atoms with Crippen molar-refractivity contribution in [2.45, 2.75) is 78.3 Å². The predicted octanol–water partition coefficient (Wildman–Crippen LogP) is 2.72. The minimum absolute atomic E-state index is 0.0155. The van der Waals surface area contributed by atoms with E-state index in [0.29, 0.717) is 31.7 Å². The molecule has 1 heterocycles. The van der Waals surface area contributed by atoms with Crippen molar-refractivity contribution in [3.05, 3.63) is 0 Å². The van der Waals surface area contributed by atoms with Gasteiger partial charge in [-0.3, -0.25) is 9.59 Å². The summed E-state index contributed by atoms with van der Waals surface area (Å²) in [5.41, 5.74) is -0.686. The molecule has 4 heteroatoms. The highest BCUT2D eigenvalue weighted by molar-refractivity contribution is 5.99. The molecule has 2 amide bonds. The monoisotopic (exact) mass is 282 g/mol. The predicted molar refractivity (Wildman–Crippen MR) is 81.3 cm³/mol. The first-order chi connectivity index (χ1) is 9.49. The van der Waals surface area contributed by atoms with E-state index >= 15 is 0 Å². The van der Waals surface area contributed by atoms with Gasteiger partial charge in [0, 0.05) is 6.54 Å². The Kier molecular flexibility index (Phi) is 6.03. The van der Waals surface area contributed by atoms with E-state index in [0.717, 1.165) is 12.8 Å². The summed E-state index contributed by atoms with van der Waals surface area (Å²) in [7, 11) is 0. The summed E-state index contributed by atoms with van der Waals surface area (Å²) in [6, 6.07) is -0.297. The summed E-state index contributed by atoms with van der Waals surface area (Å²) in [6.45, 7) is 10.9. The van der Waals surface area contributed by atoms with E-state index in [4.69, 9.17) is 0 Å². The topological polar surface area (TPSA) is 49.4 Å². The van der Waals surface area contributed by atoms with Crippen molar-refractivity contribution in [2.24, 2.45) is 5.92 Å². The van der Waals surface area contributed by atoms with Crippen molar-refractivity contribution in [1.29, 1.82) is 0 Å². The van der Waals surface area contributed by atoms with Gasteiger partial charge in [-0.05, 0) is 25.2 Å². The Morgan fingerprint density at radius 3 is 2.05 bits per heavy atom. The maximum atomic E-state index is 12.9. The number of hydrogen-bond acceptors (Lipinski definition) is 2. The zero-order valence-corrected chi connectivity index (χ0v) is 13.7. The first-order valence-corrected chi connectivity index (χ1v) is 8.12. The van der Waals surface area contributed by atoms with Crippen molar-refractivity contribution in [2.75, 3.05) is 6.54 Å². The van der Waals surface area contributed by atoms with Crippen LogP contribution in [0.1, 0.15) is 66.7 Å². The van der Waals surface area contributed by atoms with Crippen molar-refractivity contribution in [3.8, 4) is 0 Å². The molecule has 0 saturated carbocycles. The molecular weight excluding hydrogens is 252 g/mol. The van der Waals surface area contributed by atoms with Crippen LogP contribution in [0.15, 0.2) is 0 Å². The van der Waals surface area contributed by atoms with Gasteiger partial charge in [0.15, 0.2) is 0 Å². The SMILES string of the molecule is CCC(CC)CN1C(=O)C(CC)(CC)NC(=O)C1CC. The van der Waals surface area contributed by atoms with Gasteiger partial charge in [-0.2, -0.15) is 0 Å². The molecular formula is C16H30N2O2. The molecule has 1 fully saturated rings. The lowest BCUT2D eigenvalue weighted by Crippen LogP contribution is -2.70. The summed E-state index contributed by atoms with van der Waals surface area (Å²) < 4.78 is 0. The number of amides is 2. The van der Waals surface area contributed by atoms with Gasteiger partial charge in [-0.25, -0.2) is 0 Å². The molecule has 0 bridgehead atoms. The average molecular weight is 282 g/mol. The molecule has 1 atom stereocenters. The summed E-state index contributed by atoms with van der Waals surface area (Å²) in [5, 5.41) is 2.99. The van der Waals surface area contributed by atoms with Crippen LogP contribution in [-0.2, 0) is 9.59 Å². The van der Waals surface area contributed by atoms with Crippen LogP contribution in [-0.4, -0.2) is 34.8 Å². The number of nitrogens with one attached hydrogen (secondary N) is 1. The van der Waals surface area contributed by atoms with Crippen molar-refractivity contribution in [3.63, 3.8) is 0 Å². The summed E-state index contributed by atoms with van der Waals surface area (Å²) in [6.07, 6.45) is 4.09. The quantitative estimate of drug-likeness (QED) is 0.780. The molecule has 1 N–H and O–H groups in total. The Labute approximate surface area is 123 Å². The molecule has 116 valence electrons. The van der Waals surface area contributed by atoms with Gasteiger partial charge in [0.25, 0.3) is 0 Å². The first-order valence-electron chi connectivity index (χ1n) is 8.12. The molecule has 1 unspecified atom stereocenters. The Hall–Kier alpha value is -1.06. The molecule has 0 aromatic heterocycles. The summed E-state index contributed by atoms with van der Waals surface area (Å²) in [5.74, 6) is 0.605. The number of rotatable bonds is 7. The normalized spacial score (nSPS) is 22.3. The maximum Gasteiger partial charge on any atom is 0.248 e. The fraction of sp³-hybridized carbons (Fsp3) is 0.875. The Balaban J connectivity index is 3.06. The number of piperazine rings is 1. The largest absolute Gasteiger partial charge is 0.340 e. The Morgan fingerprint density at radius 2 is 1.65 bits per heavy atom.